The van der Waals surface area contributed by atoms with E-state index in [0.29, 0.717) is 24.1 Å². The van der Waals surface area contributed by atoms with Crippen LogP contribution in [-0.4, -0.2) is 17.6 Å². The molecule has 0 aromatic heterocycles. The molecule has 18 heavy (non-hydrogen) atoms. The molecule has 0 amide bonds. The third kappa shape index (κ3) is 2.36. The lowest BCUT2D eigenvalue weighted by molar-refractivity contribution is -0.141. The van der Waals surface area contributed by atoms with Crippen LogP contribution in [0, 0.1) is 18.7 Å². The third-order valence-corrected chi connectivity index (χ3v) is 3.46. The van der Waals surface area contributed by atoms with Crippen molar-refractivity contribution < 1.29 is 18.7 Å². The van der Waals surface area contributed by atoms with Gasteiger partial charge in [-0.25, -0.2) is 8.78 Å². The normalized spacial score (nSPS) is 23.3. The van der Waals surface area contributed by atoms with Gasteiger partial charge in [0, 0.05) is 18.2 Å². The van der Waals surface area contributed by atoms with Crippen molar-refractivity contribution in [3.8, 4) is 0 Å². The van der Waals surface area contributed by atoms with Gasteiger partial charge in [-0.3, -0.25) is 4.79 Å². The second-order valence-electron chi connectivity index (χ2n) is 4.66. The molecule has 3 nitrogen and oxygen atoms in total. The van der Waals surface area contributed by atoms with Gasteiger partial charge in [-0.15, -0.1) is 0 Å². The summed E-state index contributed by atoms with van der Waals surface area (Å²) in [4.78, 5) is 10.8. The van der Waals surface area contributed by atoms with E-state index in [4.69, 9.17) is 5.11 Å². The Kier molecular flexibility index (Phi) is 3.61. The Hall–Kier alpha value is -1.49. The van der Waals surface area contributed by atoms with Crippen LogP contribution in [0.5, 0.6) is 0 Å². The number of hydrogen-bond acceptors (Lipinski definition) is 2. The molecule has 2 N–H and O–H groups in total. The molecule has 2 unspecified atom stereocenters. The Morgan fingerprint density at radius 2 is 2.28 bits per heavy atom. The van der Waals surface area contributed by atoms with Gasteiger partial charge in [0.25, 0.3) is 0 Å². The van der Waals surface area contributed by atoms with Crippen LogP contribution in [0.3, 0.4) is 0 Å². The van der Waals surface area contributed by atoms with Gasteiger partial charge < -0.3 is 10.4 Å². The minimum Gasteiger partial charge on any atom is -0.481 e. The van der Waals surface area contributed by atoms with Gasteiger partial charge in [-0.1, -0.05) is 6.07 Å². The van der Waals surface area contributed by atoms with Gasteiger partial charge in [0.15, 0.2) is 0 Å². The number of aryl methyl sites for hydroxylation is 1. The van der Waals surface area contributed by atoms with E-state index in [9.17, 15) is 13.6 Å². The molecule has 98 valence electrons. The molecule has 0 spiro atoms. The summed E-state index contributed by atoms with van der Waals surface area (Å²) in [7, 11) is 0. The Morgan fingerprint density at radius 3 is 2.78 bits per heavy atom. The zero-order valence-electron chi connectivity index (χ0n) is 10.0. The summed E-state index contributed by atoms with van der Waals surface area (Å²) in [6.07, 6.45) is 0.434. The molecule has 1 aromatic carbocycles. The predicted molar refractivity (Wildman–Crippen MR) is 62.4 cm³/mol. The summed E-state index contributed by atoms with van der Waals surface area (Å²) in [5, 5.41) is 12.0. The van der Waals surface area contributed by atoms with Crippen molar-refractivity contribution >= 4 is 5.97 Å². The highest BCUT2D eigenvalue weighted by Gasteiger charge is 2.30. The monoisotopic (exact) mass is 255 g/mol. The molecule has 0 bridgehead atoms. The van der Waals surface area contributed by atoms with Crippen LogP contribution in [0.2, 0.25) is 0 Å². The molecule has 0 radical (unpaired) electrons. The summed E-state index contributed by atoms with van der Waals surface area (Å²) in [6.45, 7) is 1.21. The molecular weight excluding hydrogens is 240 g/mol. The predicted octanol–water partition coefficient (Wildman–Crippen LogP) is 2.34. The number of rotatable bonds is 3. The number of aliphatic carboxylic acids is 1. The standard InChI is InChI=1S/C13H15F2NO2/c1-7-2-8(3-11(15)10(7)5-14)12-4-9(6-16-12)13(17)18/h2-3,9,12,16H,4-6H2,1H3,(H,17,18). The maximum absolute atomic E-state index is 13.6. The molecule has 0 aliphatic carbocycles. The average molecular weight is 255 g/mol. The highest BCUT2D eigenvalue weighted by atomic mass is 19.1. The molecule has 1 aliphatic rings. The molecule has 1 fully saturated rings. The minimum atomic E-state index is -0.845. The summed E-state index contributed by atoms with van der Waals surface area (Å²) >= 11 is 0. The lowest BCUT2D eigenvalue weighted by Gasteiger charge is -2.13. The van der Waals surface area contributed by atoms with Crippen molar-refractivity contribution in [3.05, 3.63) is 34.6 Å². The molecule has 1 aliphatic heterocycles. The number of carbonyl (C=O) groups is 1. The average Bonchev–Trinajstić information content (AvgIpc) is 2.77. The van der Waals surface area contributed by atoms with Gasteiger partial charge in [0.2, 0.25) is 0 Å². The quantitative estimate of drug-likeness (QED) is 0.871. The Labute approximate surface area is 104 Å². The van der Waals surface area contributed by atoms with E-state index >= 15 is 0 Å². The van der Waals surface area contributed by atoms with Crippen molar-refractivity contribution in [2.24, 2.45) is 5.92 Å². The topological polar surface area (TPSA) is 49.3 Å². The molecule has 2 rings (SSSR count). The Balaban J connectivity index is 2.23. The number of hydrogen-bond donors (Lipinski definition) is 2. The summed E-state index contributed by atoms with van der Waals surface area (Å²) in [6, 6.07) is 2.84. The van der Waals surface area contributed by atoms with Crippen LogP contribution in [0.25, 0.3) is 0 Å². The van der Waals surface area contributed by atoms with Gasteiger partial charge in [0.05, 0.1) is 5.92 Å². The number of benzene rings is 1. The highest BCUT2D eigenvalue weighted by molar-refractivity contribution is 5.70. The number of carboxylic acid groups (broad SMARTS) is 1. The molecule has 0 saturated carbocycles. The highest BCUT2D eigenvalue weighted by Crippen LogP contribution is 2.29. The fourth-order valence-corrected chi connectivity index (χ4v) is 2.35. The van der Waals surface area contributed by atoms with Crippen LogP contribution in [0.1, 0.15) is 29.2 Å². The van der Waals surface area contributed by atoms with Gasteiger partial charge in [-0.05, 0) is 30.5 Å². The first kappa shape index (κ1) is 13.0. The van der Waals surface area contributed by atoms with Crippen LogP contribution in [0.15, 0.2) is 12.1 Å². The Morgan fingerprint density at radius 1 is 1.56 bits per heavy atom. The van der Waals surface area contributed by atoms with Crippen LogP contribution in [-0.2, 0) is 11.5 Å². The fraction of sp³-hybridized carbons (Fsp3) is 0.462. The van der Waals surface area contributed by atoms with E-state index in [1.807, 2.05) is 0 Å². The maximum Gasteiger partial charge on any atom is 0.307 e. The van der Waals surface area contributed by atoms with E-state index in [0.717, 1.165) is 0 Å². The third-order valence-electron chi connectivity index (χ3n) is 3.46. The fourth-order valence-electron chi connectivity index (χ4n) is 2.35. The molecule has 5 heteroatoms. The molecule has 2 atom stereocenters. The van der Waals surface area contributed by atoms with Crippen LogP contribution >= 0.6 is 0 Å². The number of nitrogens with one attached hydrogen (secondary N) is 1. The van der Waals surface area contributed by atoms with E-state index < -0.39 is 24.4 Å². The van der Waals surface area contributed by atoms with E-state index in [1.54, 1.807) is 13.0 Å². The lowest BCUT2D eigenvalue weighted by atomic mass is 9.96. The van der Waals surface area contributed by atoms with Crippen molar-refractivity contribution in [1.29, 1.82) is 0 Å². The van der Waals surface area contributed by atoms with Crippen LogP contribution in [0.4, 0.5) is 8.78 Å². The summed E-state index contributed by atoms with van der Waals surface area (Å²) in [5.41, 5.74) is 1.32. The first-order chi connectivity index (χ1) is 8.52. The van der Waals surface area contributed by atoms with Crippen molar-refractivity contribution in [2.45, 2.75) is 26.1 Å². The van der Waals surface area contributed by atoms with Crippen LogP contribution < -0.4 is 5.32 Å². The van der Waals surface area contributed by atoms with Crippen molar-refractivity contribution in [3.63, 3.8) is 0 Å². The van der Waals surface area contributed by atoms with E-state index in [1.165, 1.54) is 6.07 Å². The zero-order chi connectivity index (χ0) is 13.3. The second-order valence-corrected chi connectivity index (χ2v) is 4.66. The zero-order valence-corrected chi connectivity index (χ0v) is 10.0. The van der Waals surface area contributed by atoms with Gasteiger partial charge in [0.1, 0.15) is 12.5 Å². The first-order valence-electron chi connectivity index (χ1n) is 5.84. The Bertz CT molecular complexity index is 453. The number of alkyl halides is 1. The number of carboxylic acids is 1. The van der Waals surface area contributed by atoms with Crippen molar-refractivity contribution in [1.82, 2.24) is 5.32 Å². The SMILES string of the molecule is Cc1cc(C2CC(C(=O)O)CN2)cc(F)c1CF. The second kappa shape index (κ2) is 5.02. The van der Waals surface area contributed by atoms with E-state index in [-0.39, 0.29) is 11.6 Å². The largest absolute Gasteiger partial charge is 0.481 e. The molecule has 1 aromatic rings. The van der Waals surface area contributed by atoms with E-state index in [2.05, 4.69) is 5.32 Å². The van der Waals surface area contributed by atoms with Crippen molar-refractivity contribution in [2.75, 3.05) is 6.54 Å². The smallest absolute Gasteiger partial charge is 0.307 e. The number of halogens is 2. The maximum atomic E-state index is 13.6. The van der Waals surface area contributed by atoms with Gasteiger partial charge in [-0.2, -0.15) is 0 Å². The summed E-state index contributed by atoms with van der Waals surface area (Å²) < 4.78 is 26.2. The lowest BCUT2D eigenvalue weighted by Crippen LogP contribution is -2.17. The summed E-state index contributed by atoms with van der Waals surface area (Å²) in [5.74, 6) is -1.85. The molecule has 1 heterocycles. The minimum absolute atomic E-state index is 0.0755. The van der Waals surface area contributed by atoms with Gasteiger partial charge >= 0.3 is 5.97 Å². The molecular formula is C13H15F2NO2. The first-order valence-corrected chi connectivity index (χ1v) is 5.84. The molecule has 1 saturated heterocycles.